The van der Waals surface area contributed by atoms with E-state index in [1.54, 1.807) is 6.92 Å². The average Bonchev–Trinajstić information content (AvgIpc) is 2.20. The quantitative estimate of drug-likeness (QED) is 0.392. The second-order valence-electron chi connectivity index (χ2n) is 3.46. The maximum Gasteiger partial charge on any atom is 0.306 e. The van der Waals surface area contributed by atoms with Crippen LogP contribution < -0.4 is 5.32 Å². The molecule has 0 saturated heterocycles. The first-order chi connectivity index (χ1) is 7.43. The molecule has 0 saturated carbocycles. The van der Waals surface area contributed by atoms with E-state index in [2.05, 4.69) is 11.9 Å². The maximum absolute atomic E-state index is 11.0. The third kappa shape index (κ3) is 7.73. The maximum atomic E-state index is 11.0. The van der Waals surface area contributed by atoms with E-state index in [4.69, 9.17) is 4.74 Å². The van der Waals surface area contributed by atoms with Crippen LogP contribution in [0.3, 0.4) is 0 Å². The van der Waals surface area contributed by atoms with Crippen molar-refractivity contribution < 1.29 is 19.1 Å². The van der Waals surface area contributed by atoms with E-state index in [9.17, 15) is 14.4 Å². The number of rotatable bonds is 7. The minimum absolute atomic E-state index is 0.0486. The van der Waals surface area contributed by atoms with E-state index in [-0.39, 0.29) is 37.7 Å². The summed E-state index contributed by atoms with van der Waals surface area (Å²) in [6, 6.07) is 0. The highest BCUT2D eigenvalue weighted by atomic mass is 16.5. The third-order valence-electron chi connectivity index (χ3n) is 1.72. The molecule has 0 atom stereocenters. The van der Waals surface area contributed by atoms with Crippen LogP contribution in [-0.4, -0.2) is 30.8 Å². The summed E-state index contributed by atoms with van der Waals surface area (Å²) in [5, 5.41) is 2.52. The molecular formula is C11H17NO4. The third-order valence-corrected chi connectivity index (χ3v) is 1.72. The topological polar surface area (TPSA) is 72.5 Å². The highest BCUT2D eigenvalue weighted by Crippen LogP contribution is 1.93. The van der Waals surface area contributed by atoms with E-state index in [1.165, 1.54) is 6.92 Å². The van der Waals surface area contributed by atoms with Crippen molar-refractivity contribution in [2.24, 2.45) is 0 Å². The first-order valence-electron chi connectivity index (χ1n) is 5.02. The van der Waals surface area contributed by atoms with Gasteiger partial charge in [-0.3, -0.25) is 9.59 Å². The smallest absolute Gasteiger partial charge is 0.306 e. The molecule has 0 bridgehead atoms. The number of ether oxygens (including phenoxy) is 1. The summed E-state index contributed by atoms with van der Waals surface area (Å²) >= 11 is 0. The van der Waals surface area contributed by atoms with Gasteiger partial charge in [-0.05, 0) is 13.8 Å². The Morgan fingerprint density at radius 1 is 1.19 bits per heavy atom. The minimum Gasteiger partial charge on any atom is -0.464 e. The molecule has 0 aromatic rings. The second kappa shape index (κ2) is 7.62. The van der Waals surface area contributed by atoms with Gasteiger partial charge in [0.05, 0.1) is 13.0 Å². The molecule has 16 heavy (non-hydrogen) atoms. The van der Waals surface area contributed by atoms with Crippen molar-refractivity contribution in [3.05, 3.63) is 12.2 Å². The molecule has 1 N–H and O–H groups in total. The molecule has 0 aliphatic heterocycles. The van der Waals surface area contributed by atoms with Gasteiger partial charge in [0.1, 0.15) is 12.4 Å². The largest absolute Gasteiger partial charge is 0.464 e. The van der Waals surface area contributed by atoms with Gasteiger partial charge in [0.15, 0.2) is 0 Å². The number of amides is 1. The van der Waals surface area contributed by atoms with Crippen molar-refractivity contribution in [3.63, 3.8) is 0 Å². The summed E-state index contributed by atoms with van der Waals surface area (Å²) in [5.41, 5.74) is 0.405. The molecular weight excluding hydrogens is 210 g/mol. The van der Waals surface area contributed by atoms with E-state index in [0.717, 1.165) is 0 Å². The average molecular weight is 227 g/mol. The number of esters is 1. The van der Waals surface area contributed by atoms with Crippen LogP contribution in [0.25, 0.3) is 0 Å². The zero-order valence-corrected chi connectivity index (χ0v) is 9.67. The molecule has 1 amide bonds. The Labute approximate surface area is 94.8 Å². The lowest BCUT2D eigenvalue weighted by Crippen LogP contribution is -2.28. The van der Waals surface area contributed by atoms with E-state index < -0.39 is 5.97 Å². The standard InChI is InChI=1S/C11H17NO4/c1-8(2)11(15)12-6-7-16-10(14)5-4-9(3)13/h1,4-7H2,2-3H3,(H,12,15). The summed E-state index contributed by atoms with van der Waals surface area (Å²) in [5.74, 6) is -0.743. The van der Waals surface area contributed by atoms with Crippen LogP contribution in [0.4, 0.5) is 0 Å². The number of ketones is 1. The molecule has 0 aliphatic carbocycles. The van der Waals surface area contributed by atoms with E-state index >= 15 is 0 Å². The van der Waals surface area contributed by atoms with Crippen LogP contribution in [0.2, 0.25) is 0 Å². The number of carbonyl (C=O) groups is 3. The molecule has 0 aromatic heterocycles. The van der Waals surface area contributed by atoms with Crippen molar-refractivity contribution in [1.82, 2.24) is 5.32 Å². The molecule has 0 unspecified atom stereocenters. The van der Waals surface area contributed by atoms with Crippen molar-refractivity contribution in [1.29, 1.82) is 0 Å². The summed E-state index contributed by atoms with van der Waals surface area (Å²) in [7, 11) is 0. The summed E-state index contributed by atoms with van der Waals surface area (Å²) in [6.45, 7) is 6.82. The lowest BCUT2D eigenvalue weighted by Gasteiger charge is -2.05. The minimum atomic E-state index is -0.431. The number of nitrogens with one attached hydrogen (secondary N) is 1. The van der Waals surface area contributed by atoms with Crippen LogP contribution in [-0.2, 0) is 19.1 Å². The second-order valence-corrected chi connectivity index (χ2v) is 3.46. The molecule has 0 heterocycles. The zero-order chi connectivity index (χ0) is 12.6. The lowest BCUT2D eigenvalue weighted by atomic mass is 10.2. The monoisotopic (exact) mass is 227 g/mol. The van der Waals surface area contributed by atoms with Crippen LogP contribution in [0, 0.1) is 0 Å². The van der Waals surface area contributed by atoms with Crippen LogP contribution in [0.15, 0.2) is 12.2 Å². The number of Topliss-reactive ketones (excluding diaryl/α,β-unsaturated/α-hetero) is 1. The molecule has 0 aromatic carbocycles. The van der Waals surface area contributed by atoms with Gasteiger partial charge in [-0.2, -0.15) is 0 Å². The van der Waals surface area contributed by atoms with Crippen LogP contribution in [0.1, 0.15) is 26.7 Å². The zero-order valence-electron chi connectivity index (χ0n) is 9.67. The van der Waals surface area contributed by atoms with Crippen molar-refractivity contribution >= 4 is 17.7 Å². The summed E-state index contributed by atoms with van der Waals surface area (Å²) < 4.78 is 4.79. The van der Waals surface area contributed by atoms with Gasteiger partial charge in [0.2, 0.25) is 5.91 Å². The van der Waals surface area contributed by atoms with Gasteiger partial charge in [0, 0.05) is 12.0 Å². The van der Waals surface area contributed by atoms with Crippen molar-refractivity contribution in [2.45, 2.75) is 26.7 Å². The van der Waals surface area contributed by atoms with Crippen molar-refractivity contribution in [2.75, 3.05) is 13.2 Å². The Morgan fingerprint density at radius 2 is 1.81 bits per heavy atom. The van der Waals surface area contributed by atoms with E-state index in [1.807, 2.05) is 0 Å². The predicted molar refractivity (Wildman–Crippen MR) is 58.7 cm³/mol. The molecule has 0 aliphatic rings. The first-order valence-corrected chi connectivity index (χ1v) is 5.02. The lowest BCUT2D eigenvalue weighted by molar-refractivity contribution is -0.144. The fourth-order valence-electron chi connectivity index (χ4n) is 0.831. The Kier molecular flexibility index (Phi) is 6.83. The van der Waals surface area contributed by atoms with Gasteiger partial charge < -0.3 is 14.8 Å². The number of hydrogen-bond acceptors (Lipinski definition) is 4. The summed E-state index contributed by atoms with van der Waals surface area (Å²) in [6.07, 6.45) is 0.278. The van der Waals surface area contributed by atoms with Gasteiger partial charge in [-0.1, -0.05) is 6.58 Å². The Balaban J connectivity index is 3.52. The van der Waals surface area contributed by atoms with Gasteiger partial charge in [0.25, 0.3) is 0 Å². The Bertz CT molecular complexity index is 296. The fourth-order valence-corrected chi connectivity index (χ4v) is 0.831. The molecule has 0 rings (SSSR count). The first kappa shape index (κ1) is 14.3. The van der Waals surface area contributed by atoms with Crippen LogP contribution >= 0.6 is 0 Å². The molecule has 90 valence electrons. The highest BCUT2D eigenvalue weighted by molar-refractivity contribution is 5.92. The van der Waals surface area contributed by atoms with Gasteiger partial charge in [-0.15, -0.1) is 0 Å². The number of hydrogen-bond donors (Lipinski definition) is 1. The molecule has 0 fully saturated rings. The van der Waals surface area contributed by atoms with Crippen LogP contribution in [0.5, 0.6) is 0 Å². The molecule has 0 radical (unpaired) electrons. The molecule has 5 nitrogen and oxygen atoms in total. The van der Waals surface area contributed by atoms with Gasteiger partial charge >= 0.3 is 5.97 Å². The SMILES string of the molecule is C=C(C)C(=O)NCCOC(=O)CCC(C)=O. The highest BCUT2D eigenvalue weighted by Gasteiger charge is 2.05. The summed E-state index contributed by atoms with van der Waals surface area (Å²) in [4.78, 5) is 32.6. The Morgan fingerprint density at radius 3 is 2.31 bits per heavy atom. The molecule has 5 heteroatoms. The Hall–Kier alpha value is -1.65. The fraction of sp³-hybridized carbons (Fsp3) is 0.545. The molecule has 0 spiro atoms. The number of carbonyl (C=O) groups excluding carboxylic acids is 3. The van der Waals surface area contributed by atoms with Crippen molar-refractivity contribution in [3.8, 4) is 0 Å². The van der Waals surface area contributed by atoms with Gasteiger partial charge in [-0.25, -0.2) is 0 Å². The van der Waals surface area contributed by atoms with E-state index in [0.29, 0.717) is 5.57 Å². The normalized spacial score (nSPS) is 9.38. The predicted octanol–water partition coefficient (Wildman–Crippen LogP) is 0.591.